The molecule has 4 nitrogen and oxygen atoms in total. The molecule has 0 aromatic heterocycles. The smallest absolute Gasteiger partial charge is 0.234 e. The maximum atomic E-state index is 11.9. The largest absolute Gasteiger partial charge is 0.352 e. The normalized spacial score (nSPS) is 18.5. The minimum atomic E-state index is 0.151. The number of hydrogen-bond donors (Lipinski definition) is 2. The summed E-state index contributed by atoms with van der Waals surface area (Å²) >= 11 is 0. The first-order chi connectivity index (χ1) is 9.15. The summed E-state index contributed by atoms with van der Waals surface area (Å²) in [5.74, 6) is 0.151. The van der Waals surface area contributed by atoms with E-state index < -0.39 is 0 Å². The van der Waals surface area contributed by atoms with Crippen LogP contribution in [0.1, 0.15) is 52.9 Å². The van der Waals surface area contributed by atoms with Crippen LogP contribution < -0.4 is 10.6 Å². The van der Waals surface area contributed by atoms with Gasteiger partial charge in [0.25, 0.3) is 0 Å². The van der Waals surface area contributed by atoms with Gasteiger partial charge in [-0.05, 0) is 32.9 Å². The Balaban J connectivity index is 2.14. The highest BCUT2D eigenvalue weighted by molar-refractivity contribution is 5.78. The molecule has 0 bridgehead atoms. The Hall–Kier alpha value is -0.610. The number of nitrogens with one attached hydrogen (secondary N) is 2. The molecule has 0 aromatic rings. The Labute approximate surface area is 118 Å². The number of likely N-dealkylation sites (N-methyl/N-ethyl adjacent to an activating group) is 1. The van der Waals surface area contributed by atoms with E-state index in [0.29, 0.717) is 18.6 Å². The SMILES string of the molecule is CCN(CC)CC(C)NCC(=O)NC1CCCCC1. The molecule has 19 heavy (non-hydrogen) atoms. The van der Waals surface area contributed by atoms with E-state index in [2.05, 4.69) is 36.3 Å². The molecule has 1 rings (SSSR count). The van der Waals surface area contributed by atoms with Crippen LogP contribution in [0.4, 0.5) is 0 Å². The zero-order valence-electron chi connectivity index (χ0n) is 12.9. The lowest BCUT2D eigenvalue weighted by atomic mass is 9.95. The molecule has 1 aliphatic rings. The molecule has 1 unspecified atom stereocenters. The topological polar surface area (TPSA) is 44.4 Å². The van der Waals surface area contributed by atoms with Crippen LogP contribution in [0.2, 0.25) is 0 Å². The fourth-order valence-electron chi connectivity index (χ4n) is 2.73. The van der Waals surface area contributed by atoms with Crippen LogP contribution in [0.25, 0.3) is 0 Å². The van der Waals surface area contributed by atoms with E-state index in [-0.39, 0.29) is 5.91 Å². The molecule has 2 N–H and O–H groups in total. The Morgan fingerprint density at radius 1 is 1.21 bits per heavy atom. The van der Waals surface area contributed by atoms with Crippen molar-refractivity contribution in [1.29, 1.82) is 0 Å². The predicted octanol–water partition coefficient (Wildman–Crippen LogP) is 1.76. The van der Waals surface area contributed by atoms with Crippen LogP contribution in [0.5, 0.6) is 0 Å². The van der Waals surface area contributed by atoms with Gasteiger partial charge >= 0.3 is 0 Å². The van der Waals surface area contributed by atoms with Crippen LogP contribution in [-0.2, 0) is 4.79 Å². The highest BCUT2D eigenvalue weighted by Gasteiger charge is 2.16. The predicted molar refractivity (Wildman–Crippen MR) is 80.3 cm³/mol. The van der Waals surface area contributed by atoms with Gasteiger partial charge in [0.2, 0.25) is 5.91 Å². The van der Waals surface area contributed by atoms with E-state index >= 15 is 0 Å². The fourth-order valence-corrected chi connectivity index (χ4v) is 2.73. The molecule has 1 amide bonds. The second-order valence-corrected chi connectivity index (χ2v) is 5.67. The van der Waals surface area contributed by atoms with Gasteiger partial charge in [-0.15, -0.1) is 0 Å². The van der Waals surface area contributed by atoms with Gasteiger partial charge in [-0.2, -0.15) is 0 Å². The average molecular weight is 269 g/mol. The first kappa shape index (κ1) is 16.4. The molecule has 1 aliphatic carbocycles. The summed E-state index contributed by atoms with van der Waals surface area (Å²) in [4.78, 5) is 14.2. The summed E-state index contributed by atoms with van der Waals surface area (Å²) in [6, 6.07) is 0.776. The fraction of sp³-hybridized carbons (Fsp3) is 0.933. The van der Waals surface area contributed by atoms with E-state index in [9.17, 15) is 4.79 Å². The molecule has 0 aliphatic heterocycles. The number of nitrogens with zero attached hydrogens (tertiary/aromatic N) is 1. The van der Waals surface area contributed by atoms with Gasteiger partial charge in [0, 0.05) is 18.6 Å². The third-order valence-electron chi connectivity index (χ3n) is 4.01. The molecule has 1 fully saturated rings. The zero-order valence-corrected chi connectivity index (χ0v) is 12.9. The Bertz CT molecular complexity index is 248. The van der Waals surface area contributed by atoms with Gasteiger partial charge < -0.3 is 15.5 Å². The molecule has 0 spiro atoms. The van der Waals surface area contributed by atoms with E-state index in [1.807, 2.05) is 0 Å². The first-order valence-electron chi connectivity index (χ1n) is 7.90. The summed E-state index contributed by atoms with van der Waals surface area (Å²) in [7, 11) is 0. The number of carbonyl (C=O) groups is 1. The van der Waals surface area contributed by atoms with Gasteiger partial charge in [0.15, 0.2) is 0 Å². The summed E-state index contributed by atoms with van der Waals surface area (Å²) < 4.78 is 0. The minimum absolute atomic E-state index is 0.151. The second kappa shape index (κ2) is 9.32. The summed E-state index contributed by atoms with van der Waals surface area (Å²) in [6.45, 7) is 10.1. The lowest BCUT2D eigenvalue weighted by Gasteiger charge is -2.25. The quantitative estimate of drug-likeness (QED) is 0.706. The van der Waals surface area contributed by atoms with Crippen molar-refractivity contribution >= 4 is 5.91 Å². The monoisotopic (exact) mass is 269 g/mol. The van der Waals surface area contributed by atoms with Crippen molar-refractivity contribution in [2.45, 2.75) is 65.0 Å². The Kier molecular flexibility index (Phi) is 8.07. The van der Waals surface area contributed by atoms with E-state index in [0.717, 1.165) is 32.5 Å². The van der Waals surface area contributed by atoms with Crippen LogP contribution in [0, 0.1) is 0 Å². The number of rotatable bonds is 8. The van der Waals surface area contributed by atoms with Crippen molar-refractivity contribution in [1.82, 2.24) is 15.5 Å². The summed E-state index contributed by atoms with van der Waals surface area (Å²) in [6.07, 6.45) is 6.15. The molecule has 0 heterocycles. The summed E-state index contributed by atoms with van der Waals surface area (Å²) in [5.41, 5.74) is 0. The molecule has 0 saturated heterocycles. The first-order valence-corrected chi connectivity index (χ1v) is 7.90. The lowest BCUT2D eigenvalue weighted by Crippen LogP contribution is -2.46. The van der Waals surface area contributed by atoms with Gasteiger partial charge in [0.1, 0.15) is 0 Å². The molecular formula is C15H31N3O. The molecule has 4 heteroatoms. The van der Waals surface area contributed by atoms with Gasteiger partial charge in [0.05, 0.1) is 6.54 Å². The second-order valence-electron chi connectivity index (χ2n) is 5.67. The summed E-state index contributed by atoms with van der Waals surface area (Å²) in [5, 5.41) is 6.46. The highest BCUT2D eigenvalue weighted by Crippen LogP contribution is 2.17. The van der Waals surface area contributed by atoms with Crippen molar-refractivity contribution in [2.75, 3.05) is 26.2 Å². The molecule has 1 saturated carbocycles. The van der Waals surface area contributed by atoms with Crippen molar-refractivity contribution < 1.29 is 4.79 Å². The molecular weight excluding hydrogens is 238 g/mol. The third-order valence-corrected chi connectivity index (χ3v) is 4.01. The lowest BCUT2D eigenvalue weighted by molar-refractivity contribution is -0.121. The molecule has 0 aromatic carbocycles. The van der Waals surface area contributed by atoms with Crippen LogP contribution in [-0.4, -0.2) is 49.1 Å². The maximum Gasteiger partial charge on any atom is 0.234 e. The Morgan fingerprint density at radius 3 is 2.42 bits per heavy atom. The third kappa shape index (κ3) is 6.92. The van der Waals surface area contributed by atoms with Crippen LogP contribution >= 0.6 is 0 Å². The maximum absolute atomic E-state index is 11.9. The van der Waals surface area contributed by atoms with Crippen molar-refractivity contribution in [3.63, 3.8) is 0 Å². The van der Waals surface area contributed by atoms with Crippen molar-refractivity contribution in [3.8, 4) is 0 Å². The zero-order chi connectivity index (χ0) is 14.1. The molecule has 1 atom stereocenters. The number of amides is 1. The van der Waals surface area contributed by atoms with E-state index in [1.54, 1.807) is 0 Å². The minimum Gasteiger partial charge on any atom is -0.352 e. The van der Waals surface area contributed by atoms with Crippen LogP contribution in [0.3, 0.4) is 0 Å². The molecule has 112 valence electrons. The Morgan fingerprint density at radius 2 is 1.84 bits per heavy atom. The standard InChI is InChI=1S/C15H31N3O/c1-4-18(5-2)12-13(3)16-11-15(19)17-14-9-7-6-8-10-14/h13-14,16H,4-12H2,1-3H3,(H,17,19). The molecule has 0 radical (unpaired) electrons. The van der Waals surface area contributed by atoms with Gasteiger partial charge in [-0.3, -0.25) is 4.79 Å². The average Bonchev–Trinajstić information content (AvgIpc) is 2.43. The van der Waals surface area contributed by atoms with E-state index in [4.69, 9.17) is 0 Å². The number of hydrogen-bond acceptors (Lipinski definition) is 3. The van der Waals surface area contributed by atoms with Crippen molar-refractivity contribution in [2.24, 2.45) is 0 Å². The highest BCUT2D eigenvalue weighted by atomic mass is 16.1. The van der Waals surface area contributed by atoms with E-state index in [1.165, 1.54) is 19.3 Å². The number of carbonyl (C=O) groups excluding carboxylic acids is 1. The van der Waals surface area contributed by atoms with Gasteiger partial charge in [-0.1, -0.05) is 33.1 Å². The van der Waals surface area contributed by atoms with Gasteiger partial charge in [-0.25, -0.2) is 0 Å². The van der Waals surface area contributed by atoms with Crippen LogP contribution in [0.15, 0.2) is 0 Å². The van der Waals surface area contributed by atoms with Crippen molar-refractivity contribution in [3.05, 3.63) is 0 Å².